The summed E-state index contributed by atoms with van der Waals surface area (Å²) >= 11 is 12.2. The molecule has 3 rings (SSSR count). The third-order valence-electron chi connectivity index (χ3n) is 3.78. The van der Waals surface area contributed by atoms with Gasteiger partial charge in [0.2, 0.25) is 5.91 Å². The van der Waals surface area contributed by atoms with Crippen molar-refractivity contribution < 1.29 is 14.7 Å². The zero-order valence-electron chi connectivity index (χ0n) is 13.4. The van der Waals surface area contributed by atoms with E-state index in [2.05, 4.69) is 10.3 Å². The van der Waals surface area contributed by atoms with Crippen LogP contribution >= 0.6 is 23.2 Å². The van der Waals surface area contributed by atoms with E-state index in [1.807, 2.05) is 30.3 Å². The van der Waals surface area contributed by atoms with E-state index in [4.69, 9.17) is 23.2 Å². The monoisotopic (exact) mass is 388 g/mol. The largest absolute Gasteiger partial charge is 0.477 e. The van der Waals surface area contributed by atoms with Gasteiger partial charge in [-0.15, -0.1) is 0 Å². The number of rotatable bonds is 5. The molecule has 0 unspecified atom stereocenters. The van der Waals surface area contributed by atoms with Crippen molar-refractivity contribution in [3.8, 4) is 0 Å². The Morgan fingerprint density at radius 1 is 1.15 bits per heavy atom. The van der Waals surface area contributed by atoms with E-state index in [-0.39, 0.29) is 11.6 Å². The maximum absolute atomic E-state index is 12.1. The molecule has 0 radical (unpaired) electrons. The molecule has 0 fully saturated rings. The summed E-state index contributed by atoms with van der Waals surface area (Å²) in [4.78, 5) is 26.3. The van der Waals surface area contributed by atoms with Gasteiger partial charge in [0.1, 0.15) is 5.69 Å². The average molecular weight is 389 g/mol. The second-order valence-corrected chi connectivity index (χ2v) is 6.41. The predicted octanol–water partition coefficient (Wildman–Crippen LogP) is 4.50. The Morgan fingerprint density at radius 3 is 2.58 bits per heavy atom. The van der Waals surface area contributed by atoms with Gasteiger partial charge in [0.25, 0.3) is 0 Å². The van der Waals surface area contributed by atoms with Gasteiger partial charge in [-0.25, -0.2) is 4.79 Å². The molecule has 7 heteroatoms. The molecule has 2 aromatic carbocycles. The van der Waals surface area contributed by atoms with Crippen LogP contribution < -0.4 is 5.32 Å². The molecular formula is C19H14Cl2N2O3. The van der Waals surface area contributed by atoms with E-state index in [1.165, 1.54) is 18.2 Å². The summed E-state index contributed by atoms with van der Waals surface area (Å²) in [6, 6.07) is 12.6. The molecule has 0 saturated carbocycles. The van der Waals surface area contributed by atoms with Gasteiger partial charge in [-0.3, -0.25) is 4.79 Å². The lowest BCUT2D eigenvalue weighted by Gasteiger charge is -2.02. The van der Waals surface area contributed by atoms with Gasteiger partial charge in [0, 0.05) is 34.1 Å². The zero-order valence-corrected chi connectivity index (χ0v) is 14.9. The second kappa shape index (κ2) is 7.64. The van der Waals surface area contributed by atoms with E-state index in [0.717, 1.165) is 5.56 Å². The molecule has 0 bridgehead atoms. The number of carbonyl (C=O) groups excluding carboxylic acids is 1. The van der Waals surface area contributed by atoms with Crippen molar-refractivity contribution in [2.24, 2.45) is 0 Å². The van der Waals surface area contributed by atoms with Gasteiger partial charge < -0.3 is 15.4 Å². The SMILES string of the molecule is O=C(/C=C/c1c(C(=O)O)[nH]c2cc(Cl)cc(Cl)c12)NCc1ccccc1. The van der Waals surface area contributed by atoms with Crippen molar-refractivity contribution in [3.63, 3.8) is 0 Å². The van der Waals surface area contributed by atoms with Crippen LogP contribution in [0.4, 0.5) is 0 Å². The number of fused-ring (bicyclic) bond motifs is 1. The minimum absolute atomic E-state index is 0.0590. The summed E-state index contributed by atoms with van der Waals surface area (Å²) in [6.45, 7) is 0.375. The number of carbonyl (C=O) groups is 2. The van der Waals surface area contributed by atoms with Crippen molar-refractivity contribution in [1.29, 1.82) is 0 Å². The number of carboxylic acids is 1. The van der Waals surface area contributed by atoms with Crippen LogP contribution in [0.15, 0.2) is 48.5 Å². The lowest BCUT2D eigenvalue weighted by Crippen LogP contribution is -2.20. The molecule has 0 saturated heterocycles. The highest BCUT2D eigenvalue weighted by Crippen LogP contribution is 2.33. The number of benzene rings is 2. The van der Waals surface area contributed by atoms with Crippen molar-refractivity contribution in [3.05, 3.63) is 75.4 Å². The lowest BCUT2D eigenvalue weighted by atomic mass is 10.1. The van der Waals surface area contributed by atoms with Gasteiger partial charge in [0.15, 0.2) is 0 Å². The van der Waals surface area contributed by atoms with Crippen molar-refractivity contribution in [2.75, 3.05) is 0 Å². The molecule has 3 aromatic rings. The fourth-order valence-electron chi connectivity index (χ4n) is 2.61. The van der Waals surface area contributed by atoms with Crippen LogP contribution in [0.5, 0.6) is 0 Å². The second-order valence-electron chi connectivity index (χ2n) is 5.57. The summed E-state index contributed by atoms with van der Waals surface area (Å²) < 4.78 is 0. The molecule has 0 aliphatic heterocycles. The van der Waals surface area contributed by atoms with Crippen LogP contribution in [0.2, 0.25) is 10.0 Å². The molecule has 132 valence electrons. The van der Waals surface area contributed by atoms with Crippen molar-refractivity contribution >= 4 is 52.1 Å². The molecule has 1 heterocycles. The third kappa shape index (κ3) is 3.90. The minimum atomic E-state index is -1.15. The maximum atomic E-state index is 12.1. The Morgan fingerprint density at radius 2 is 1.88 bits per heavy atom. The number of aromatic amines is 1. The van der Waals surface area contributed by atoms with Gasteiger partial charge >= 0.3 is 5.97 Å². The number of hydrogen-bond donors (Lipinski definition) is 3. The number of nitrogens with one attached hydrogen (secondary N) is 2. The van der Waals surface area contributed by atoms with Crippen LogP contribution in [0.25, 0.3) is 17.0 Å². The third-order valence-corrected chi connectivity index (χ3v) is 4.29. The molecule has 26 heavy (non-hydrogen) atoms. The number of aromatic nitrogens is 1. The molecule has 3 N–H and O–H groups in total. The average Bonchev–Trinajstić information content (AvgIpc) is 2.98. The summed E-state index contributed by atoms with van der Waals surface area (Å²) in [5.41, 5.74) is 1.72. The summed E-state index contributed by atoms with van der Waals surface area (Å²) in [7, 11) is 0. The molecule has 0 aliphatic rings. The van der Waals surface area contributed by atoms with E-state index in [9.17, 15) is 14.7 Å². The highest BCUT2D eigenvalue weighted by Gasteiger charge is 2.18. The molecule has 0 aliphatic carbocycles. The van der Waals surface area contributed by atoms with Gasteiger partial charge in [-0.1, -0.05) is 53.5 Å². The minimum Gasteiger partial charge on any atom is -0.477 e. The highest BCUT2D eigenvalue weighted by molar-refractivity contribution is 6.39. The first kappa shape index (κ1) is 18.0. The standard InChI is InChI=1S/C19H14Cl2N2O3/c20-12-8-14(21)17-13(18(19(25)26)23-15(17)9-12)6-7-16(24)22-10-11-4-2-1-3-5-11/h1-9,23H,10H2,(H,22,24)(H,25,26)/b7-6+. The van der Waals surface area contributed by atoms with E-state index in [0.29, 0.717) is 33.1 Å². The van der Waals surface area contributed by atoms with Crippen LogP contribution in [0.3, 0.4) is 0 Å². The smallest absolute Gasteiger partial charge is 0.352 e. The molecular weight excluding hydrogens is 375 g/mol. The highest BCUT2D eigenvalue weighted by atomic mass is 35.5. The number of H-pyrrole nitrogens is 1. The van der Waals surface area contributed by atoms with E-state index in [1.54, 1.807) is 6.07 Å². The van der Waals surface area contributed by atoms with Crippen LogP contribution in [-0.2, 0) is 11.3 Å². The number of hydrogen-bond acceptors (Lipinski definition) is 2. The Kier molecular flexibility index (Phi) is 5.30. The molecule has 5 nitrogen and oxygen atoms in total. The lowest BCUT2D eigenvalue weighted by molar-refractivity contribution is -0.116. The quantitative estimate of drug-likeness (QED) is 0.562. The van der Waals surface area contributed by atoms with Crippen molar-refractivity contribution in [1.82, 2.24) is 10.3 Å². The van der Waals surface area contributed by atoms with Gasteiger partial charge in [0.05, 0.1) is 5.02 Å². The molecule has 1 amide bonds. The van der Waals surface area contributed by atoms with Gasteiger partial charge in [-0.2, -0.15) is 0 Å². The maximum Gasteiger partial charge on any atom is 0.352 e. The normalized spacial score (nSPS) is 11.2. The summed E-state index contributed by atoms with van der Waals surface area (Å²) in [5, 5.41) is 13.3. The van der Waals surface area contributed by atoms with Crippen molar-refractivity contribution in [2.45, 2.75) is 6.54 Å². The zero-order chi connectivity index (χ0) is 18.7. The Hall–Kier alpha value is -2.76. The summed E-state index contributed by atoms with van der Waals surface area (Å²) in [6.07, 6.45) is 2.71. The summed E-state index contributed by atoms with van der Waals surface area (Å²) in [5.74, 6) is -1.50. The van der Waals surface area contributed by atoms with Gasteiger partial charge in [-0.05, 0) is 23.8 Å². The Balaban J connectivity index is 1.87. The van der Waals surface area contributed by atoms with Crippen LogP contribution in [0.1, 0.15) is 21.6 Å². The molecule has 0 atom stereocenters. The number of aromatic carboxylic acids is 1. The molecule has 0 spiro atoms. The van der Waals surface area contributed by atoms with E-state index < -0.39 is 5.97 Å². The first-order chi connectivity index (χ1) is 12.5. The Bertz CT molecular complexity index is 1010. The number of amides is 1. The van der Waals surface area contributed by atoms with Crippen LogP contribution in [0, 0.1) is 0 Å². The Labute approximate surface area is 159 Å². The molecule has 1 aromatic heterocycles. The number of halogens is 2. The first-order valence-electron chi connectivity index (χ1n) is 7.69. The van der Waals surface area contributed by atoms with E-state index >= 15 is 0 Å². The fourth-order valence-corrected chi connectivity index (χ4v) is 3.21. The topological polar surface area (TPSA) is 82.2 Å². The predicted molar refractivity (Wildman–Crippen MR) is 103 cm³/mol. The fraction of sp³-hybridized carbons (Fsp3) is 0.0526. The number of carboxylic acid groups (broad SMARTS) is 1. The first-order valence-corrected chi connectivity index (χ1v) is 8.45. The van der Waals surface area contributed by atoms with Crippen LogP contribution in [-0.4, -0.2) is 22.0 Å².